The SMILES string of the molecule is CC(C)C1CCN(C(=O)c2cc([N+](=O)[O-])ccc2NN)C1. The second-order valence-electron chi connectivity index (χ2n) is 5.68. The van der Waals surface area contributed by atoms with Crippen LogP contribution in [-0.2, 0) is 0 Å². The number of rotatable bonds is 4. The van der Waals surface area contributed by atoms with Gasteiger partial charge in [0.25, 0.3) is 11.6 Å². The molecule has 3 N–H and O–H groups in total. The number of hydrogen-bond donors (Lipinski definition) is 2. The van der Waals surface area contributed by atoms with Crippen molar-refractivity contribution in [2.24, 2.45) is 17.7 Å². The fourth-order valence-electron chi connectivity index (χ4n) is 2.63. The number of non-ortho nitro benzene ring substituents is 1. The van der Waals surface area contributed by atoms with Gasteiger partial charge in [0.15, 0.2) is 0 Å². The molecule has 1 aliphatic heterocycles. The van der Waals surface area contributed by atoms with Crippen LogP contribution >= 0.6 is 0 Å². The van der Waals surface area contributed by atoms with Crippen LogP contribution in [-0.4, -0.2) is 28.8 Å². The molecule has 0 aromatic heterocycles. The molecule has 7 heteroatoms. The Hall–Kier alpha value is -2.15. The average Bonchev–Trinajstić information content (AvgIpc) is 2.95. The molecular weight excluding hydrogens is 272 g/mol. The van der Waals surface area contributed by atoms with E-state index in [2.05, 4.69) is 19.3 Å². The van der Waals surface area contributed by atoms with Crippen LogP contribution < -0.4 is 11.3 Å². The van der Waals surface area contributed by atoms with Gasteiger partial charge in [0.05, 0.1) is 16.2 Å². The van der Waals surface area contributed by atoms with Crippen molar-refractivity contribution in [1.82, 2.24) is 4.90 Å². The van der Waals surface area contributed by atoms with Gasteiger partial charge in [-0.2, -0.15) is 0 Å². The van der Waals surface area contributed by atoms with E-state index < -0.39 is 4.92 Å². The zero-order valence-corrected chi connectivity index (χ0v) is 12.2. The molecule has 7 nitrogen and oxygen atoms in total. The fraction of sp³-hybridized carbons (Fsp3) is 0.500. The monoisotopic (exact) mass is 292 g/mol. The van der Waals surface area contributed by atoms with E-state index in [0.29, 0.717) is 30.6 Å². The van der Waals surface area contributed by atoms with Gasteiger partial charge in [0.2, 0.25) is 0 Å². The van der Waals surface area contributed by atoms with Gasteiger partial charge in [-0.1, -0.05) is 13.8 Å². The molecule has 0 bridgehead atoms. The standard InChI is InChI=1S/C14H20N4O3/c1-9(2)10-5-6-17(8-10)14(19)12-7-11(18(20)21)3-4-13(12)16-15/h3-4,7,9-10,16H,5-6,8,15H2,1-2H3. The minimum absolute atomic E-state index is 0.114. The van der Waals surface area contributed by atoms with E-state index in [1.165, 1.54) is 18.2 Å². The van der Waals surface area contributed by atoms with Gasteiger partial charge in [0.1, 0.15) is 0 Å². The van der Waals surface area contributed by atoms with E-state index in [1.54, 1.807) is 4.90 Å². The Morgan fingerprint density at radius 2 is 2.24 bits per heavy atom. The van der Waals surface area contributed by atoms with Crippen LogP contribution in [0.4, 0.5) is 11.4 Å². The summed E-state index contributed by atoms with van der Waals surface area (Å²) < 4.78 is 0. The smallest absolute Gasteiger partial charge is 0.270 e. The summed E-state index contributed by atoms with van der Waals surface area (Å²) in [6.45, 7) is 5.63. The Morgan fingerprint density at radius 3 is 2.76 bits per heavy atom. The summed E-state index contributed by atoms with van der Waals surface area (Å²) in [5.74, 6) is 6.17. The summed E-state index contributed by atoms with van der Waals surface area (Å²) in [4.78, 5) is 24.7. The van der Waals surface area contributed by atoms with Crippen LogP contribution in [0, 0.1) is 22.0 Å². The van der Waals surface area contributed by atoms with Crippen molar-refractivity contribution in [1.29, 1.82) is 0 Å². The molecule has 0 radical (unpaired) electrons. The highest BCUT2D eigenvalue weighted by molar-refractivity contribution is 6.00. The number of hydrazine groups is 1. The molecule has 2 rings (SSSR count). The Morgan fingerprint density at radius 1 is 1.52 bits per heavy atom. The molecular formula is C14H20N4O3. The second-order valence-corrected chi connectivity index (χ2v) is 5.68. The highest BCUT2D eigenvalue weighted by Crippen LogP contribution is 2.28. The first-order valence-corrected chi connectivity index (χ1v) is 6.98. The lowest BCUT2D eigenvalue weighted by atomic mass is 9.95. The van der Waals surface area contributed by atoms with Crippen LogP contribution in [0.25, 0.3) is 0 Å². The van der Waals surface area contributed by atoms with Gasteiger partial charge in [-0.25, -0.2) is 0 Å². The zero-order valence-electron chi connectivity index (χ0n) is 12.2. The van der Waals surface area contributed by atoms with Gasteiger partial charge in [-0.15, -0.1) is 0 Å². The Balaban J connectivity index is 2.26. The lowest BCUT2D eigenvalue weighted by molar-refractivity contribution is -0.384. The number of nitro groups is 1. The number of likely N-dealkylation sites (tertiary alicyclic amines) is 1. The maximum absolute atomic E-state index is 12.6. The number of nitrogens with one attached hydrogen (secondary N) is 1. The molecule has 21 heavy (non-hydrogen) atoms. The number of amides is 1. The predicted octanol–water partition coefficient (Wildman–Crippen LogP) is 2.00. The van der Waals surface area contributed by atoms with E-state index in [0.717, 1.165) is 6.42 Å². The fourth-order valence-corrected chi connectivity index (χ4v) is 2.63. The third-order valence-electron chi connectivity index (χ3n) is 4.05. The van der Waals surface area contributed by atoms with E-state index in [9.17, 15) is 14.9 Å². The molecule has 1 saturated heterocycles. The first-order chi connectivity index (χ1) is 9.93. The molecule has 1 aliphatic rings. The second kappa shape index (κ2) is 6.09. The van der Waals surface area contributed by atoms with E-state index in [4.69, 9.17) is 5.84 Å². The number of anilines is 1. The molecule has 0 spiro atoms. The van der Waals surface area contributed by atoms with Gasteiger partial charge in [-0.3, -0.25) is 20.8 Å². The normalized spacial score (nSPS) is 18.1. The number of hydrogen-bond acceptors (Lipinski definition) is 5. The number of benzene rings is 1. The van der Waals surface area contributed by atoms with Gasteiger partial charge < -0.3 is 10.3 Å². The average molecular weight is 292 g/mol. The Bertz CT molecular complexity index is 559. The maximum atomic E-state index is 12.6. The number of nitro benzene ring substituents is 1. The van der Waals surface area contributed by atoms with E-state index >= 15 is 0 Å². The van der Waals surface area contributed by atoms with Crippen molar-refractivity contribution in [3.05, 3.63) is 33.9 Å². The Kier molecular flexibility index (Phi) is 4.42. The summed E-state index contributed by atoms with van der Waals surface area (Å²) in [6, 6.07) is 4.06. The van der Waals surface area contributed by atoms with Gasteiger partial charge in [-0.05, 0) is 24.3 Å². The van der Waals surface area contributed by atoms with Gasteiger partial charge in [0, 0.05) is 25.2 Å². The summed E-state index contributed by atoms with van der Waals surface area (Å²) in [6.07, 6.45) is 0.962. The summed E-state index contributed by atoms with van der Waals surface area (Å²) in [5, 5.41) is 10.9. The van der Waals surface area contributed by atoms with Crippen LogP contribution in [0.2, 0.25) is 0 Å². The first kappa shape index (κ1) is 15.2. The first-order valence-electron chi connectivity index (χ1n) is 6.98. The lowest BCUT2D eigenvalue weighted by Crippen LogP contribution is -2.30. The van der Waals surface area contributed by atoms with Crippen LogP contribution in [0.3, 0.4) is 0 Å². The third-order valence-corrected chi connectivity index (χ3v) is 4.05. The third kappa shape index (κ3) is 3.13. The number of nitrogens with zero attached hydrogens (tertiary/aromatic N) is 2. The predicted molar refractivity (Wildman–Crippen MR) is 79.8 cm³/mol. The number of nitrogens with two attached hydrogens (primary N) is 1. The molecule has 1 fully saturated rings. The summed E-state index contributed by atoms with van der Waals surface area (Å²) in [5.41, 5.74) is 2.96. The van der Waals surface area contributed by atoms with Crippen molar-refractivity contribution in [3.8, 4) is 0 Å². The number of carbonyl (C=O) groups is 1. The molecule has 0 saturated carbocycles. The van der Waals surface area contributed by atoms with Crippen molar-refractivity contribution < 1.29 is 9.72 Å². The van der Waals surface area contributed by atoms with Crippen LogP contribution in [0.5, 0.6) is 0 Å². The number of nitrogen functional groups attached to an aromatic ring is 1. The van der Waals surface area contributed by atoms with E-state index in [-0.39, 0.29) is 17.2 Å². The molecule has 1 heterocycles. The highest BCUT2D eigenvalue weighted by Gasteiger charge is 2.30. The number of carbonyl (C=O) groups excluding carboxylic acids is 1. The van der Waals surface area contributed by atoms with Gasteiger partial charge >= 0.3 is 0 Å². The van der Waals surface area contributed by atoms with Crippen LogP contribution in [0.1, 0.15) is 30.6 Å². The van der Waals surface area contributed by atoms with E-state index in [1.807, 2.05) is 0 Å². The highest BCUT2D eigenvalue weighted by atomic mass is 16.6. The molecule has 1 amide bonds. The Labute approximate surface area is 123 Å². The molecule has 1 atom stereocenters. The molecule has 1 aromatic rings. The van der Waals surface area contributed by atoms with Crippen molar-refractivity contribution in [3.63, 3.8) is 0 Å². The molecule has 1 unspecified atom stereocenters. The topological polar surface area (TPSA) is 102 Å². The largest absolute Gasteiger partial charge is 0.338 e. The van der Waals surface area contributed by atoms with Crippen molar-refractivity contribution in [2.45, 2.75) is 20.3 Å². The lowest BCUT2D eigenvalue weighted by Gasteiger charge is -2.19. The maximum Gasteiger partial charge on any atom is 0.270 e. The minimum Gasteiger partial charge on any atom is -0.338 e. The molecule has 0 aliphatic carbocycles. The zero-order chi connectivity index (χ0) is 15.6. The van der Waals surface area contributed by atoms with Crippen LogP contribution in [0.15, 0.2) is 18.2 Å². The molecule has 114 valence electrons. The van der Waals surface area contributed by atoms with Crippen molar-refractivity contribution in [2.75, 3.05) is 18.5 Å². The minimum atomic E-state index is -0.516. The summed E-state index contributed by atoms with van der Waals surface area (Å²) >= 11 is 0. The van der Waals surface area contributed by atoms with Crippen molar-refractivity contribution >= 4 is 17.3 Å². The summed E-state index contributed by atoms with van der Waals surface area (Å²) in [7, 11) is 0. The quantitative estimate of drug-likeness (QED) is 0.502. The molecule has 1 aromatic carbocycles.